The van der Waals surface area contributed by atoms with Crippen LogP contribution >= 0.6 is 0 Å². The van der Waals surface area contributed by atoms with Gasteiger partial charge < -0.3 is 15.5 Å². The van der Waals surface area contributed by atoms with Crippen LogP contribution in [0.15, 0.2) is 18.2 Å². The molecule has 3 heteroatoms. The molecule has 2 rings (SSSR count). The van der Waals surface area contributed by atoms with Gasteiger partial charge in [0.05, 0.1) is 12.7 Å². The zero-order valence-electron chi connectivity index (χ0n) is 11.9. The van der Waals surface area contributed by atoms with Crippen molar-refractivity contribution in [2.75, 3.05) is 13.2 Å². The molecule has 0 heterocycles. The van der Waals surface area contributed by atoms with Gasteiger partial charge in [-0.05, 0) is 41.9 Å². The summed E-state index contributed by atoms with van der Waals surface area (Å²) in [6, 6.07) is 6.34. The zero-order chi connectivity index (χ0) is 13.8. The number of hydrogen-bond acceptors (Lipinski definition) is 3. The average Bonchev–Trinajstić information content (AvgIpc) is 2.85. The summed E-state index contributed by atoms with van der Waals surface area (Å²) in [5, 5.41) is 22.7. The van der Waals surface area contributed by atoms with Gasteiger partial charge in [-0.3, -0.25) is 0 Å². The molecule has 2 atom stereocenters. The molecule has 0 fully saturated rings. The lowest BCUT2D eigenvalue weighted by Crippen LogP contribution is -2.40. The van der Waals surface area contributed by atoms with Crippen molar-refractivity contribution in [3.05, 3.63) is 34.9 Å². The van der Waals surface area contributed by atoms with E-state index in [1.165, 1.54) is 24.0 Å². The number of hydrogen-bond donors (Lipinski definition) is 3. The Morgan fingerprint density at radius 1 is 1.21 bits per heavy atom. The predicted molar refractivity (Wildman–Crippen MR) is 77.1 cm³/mol. The maximum absolute atomic E-state index is 10.6. The zero-order valence-corrected chi connectivity index (χ0v) is 11.9. The third kappa shape index (κ3) is 3.35. The molecule has 106 valence electrons. The van der Waals surface area contributed by atoms with Gasteiger partial charge >= 0.3 is 0 Å². The molecule has 3 N–H and O–H groups in total. The van der Waals surface area contributed by atoms with Crippen molar-refractivity contribution in [2.45, 2.75) is 45.3 Å². The monoisotopic (exact) mass is 263 g/mol. The summed E-state index contributed by atoms with van der Waals surface area (Å²) in [6.07, 6.45) is 3.01. The predicted octanol–water partition coefficient (Wildman–Crippen LogP) is 1.82. The van der Waals surface area contributed by atoms with Gasteiger partial charge in [-0.15, -0.1) is 0 Å². The molecule has 19 heavy (non-hydrogen) atoms. The fourth-order valence-electron chi connectivity index (χ4n) is 2.93. The van der Waals surface area contributed by atoms with Crippen LogP contribution in [0.4, 0.5) is 0 Å². The SMILES string of the molecule is CC(C)C(NCCO)C(O)c1ccc2c(c1)CCC2. The van der Waals surface area contributed by atoms with Crippen molar-refractivity contribution in [2.24, 2.45) is 5.92 Å². The fraction of sp³-hybridized carbons (Fsp3) is 0.625. The molecule has 0 aromatic heterocycles. The molecule has 0 spiro atoms. The van der Waals surface area contributed by atoms with Crippen molar-refractivity contribution in [1.82, 2.24) is 5.32 Å². The van der Waals surface area contributed by atoms with E-state index in [0.29, 0.717) is 12.5 Å². The second-order valence-corrected chi connectivity index (χ2v) is 5.77. The van der Waals surface area contributed by atoms with Gasteiger partial charge in [-0.1, -0.05) is 32.0 Å². The molecule has 3 nitrogen and oxygen atoms in total. The molecule has 0 saturated carbocycles. The first-order valence-electron chi connectivity index (χ1n) is 7.27. The van der Waals surface area contributed by atoms with Crippen LogP contribution in [0.5, 0.6) is 0 Å². The average molecular weight is 263 g/mol. The molecular formula is C16H25NO2. The highest BCUT2D eigenvalue weighted by Crippen LogP contribution is 2.28. The van der Waals surface area contributed by atoms with E-state index >= 15 is 0 Å². The summed E-state index contributed by atoms with van der Waals surface area (Å²) in [5.41, 5.74) is 3.81. The molecule has 0 amide bonds. The van der Waals surface area contributed by atoms with Crippen molar-refractivity contribution >= 4 is 0 Å². The van der Waals surface area contributed by atoms with E-state index in [1.807, 2.05) is 6.07 Å². The van der Waals surface area contributed by atoms with E-state index in [9.17, 15) is 5.11 Å². The molecule has 0 aliphatic heterocycles. The number of aryl methyl sites for hydroxylation is 2. The lowest BCUT2D eigenvalue weighted by atomic mass is 9.92. The van der Waals surface area contributed by atoms with E-state index in [0.717, 1.165) is 12.0 Å². The first kappa shape index (κ1) is 14.5. The third-order valence-corrected chi connectivity index (χ3v) is 4.01. The molecule has 0 saturated heterocycles. The van der Waals surface area contributed by atoms with Crippen molar-refractivity contribution in [3.63, 3.8) is 0 Å². The molecule has 1 aliphatic carbocycles. The van der Waals surface area contributed by atoms with E-state index in [-0.39, 0.29) is 12.6 Å². The molecular weight excluding hydrogens is 238 g/mol. The minimum Gasteiger partial charge on any atom is -0.395 e. The third-order valence-electron chi connectivity index (χ3n) is 4.01. The molecule has 2 unspecified atom stereocenters. The van der Waals surface area contributed by atoms with Gasteiger partial charge in [0.1, 0.15) is 0 Å². The minimum absolute atomic E-state index is 0.0217. The first-order valence-corrected chi connectivity index (χ1v) is 7.27. The molecule has 1 aliphatic rings. The number of aliphatic hydroxyl groups is 2. The topological polar surface area (TPSA) is 52.5 Å². The van der Waals surface area contributed by atoms with Crippen LogP contribution in [0, 0.1) is 5.92 Å². The van der Waals surface area contributed by atoms with E-state index in [2.05, 4.69) is 31.3 Å². The van der Waals surface area contributed by atoms with E-state index in [4.69, 9.17) is 5.11 Å². The summed E-state index contributed by atoms with van der Waals surface area (Å²) in [7, 11) is 0. The molecule has 0 bridgehead atoms. The maximum Gasteiger partial charge on any atom is 0.0945 e. The summed E-state index contributed by atoms with van der Waals surface area (Å²) in [5.74, 6) is 0.315. The van der Waals surface area contributed by atoms with Gasteiger partial charge in [-0.2, -0.15) is 0 Å². The highest BCUT2D eigenvalue weighted by molar-refractivity contribution is 5.36. The Bertz CT molecular complexity index is 417. The Kier molecular flexibility index (Phi) is 4.97. The van der Waals surface area contributed by atoms with Crippen molar-refractivity contribution < 1.29 is 10.2 Å². The molecule has 1 aromatic carbocycles. The van der Waals surface area contributed by atoms with Crippen LogP contribution in [-0.2, 0) is 12.8 Å². The summed E-state index contributed by atoms with van der Waals surface area (Å²) in [6.45, 7) is 4.79. The summed E-state index contributed by atoms with van der Waals surface area (Å²) < 4.78 is 0. The first-order chi connectivity index (χ1) is 9.13. The Morgan fingerprint density at radius 3 is 2.63 bits per heavy atom. The number of benzene rings is 1. The highest BCUT2D eigenvalue weighted by atomic mass is 16.3. The van der Waals surface area contributed by atoms with Crippen LogP contribution in [0.3, 0.4) is 0 Å². The van der Waals surface area contributed by atoms with Crippen molar-refractivity contribution in [1.29, 1.82) is 0 Å². The summed E-state index contributed by atoms with van der Waals surface area (Å²) >= 11 is 0. The number of fused-ring (bicyclic) bond motifs is 1. The highest BCUT2D eigenvalue weighted by Gasteiger charge is 2.24. The lowest BCUT2D eigenvalue weighted by Gasteiger charge is -2.28. The van der Waals surface area contributed by atoms with Crippen LogP contribution < -0.4 is 5.32 Å². The van der Waals surface area contributed by atoms with E-state index < -0.39 is 6.10 Å². The number of rotatable bonds is 6. The minimum atomic E-state index is -0.516. The van der Waals surface area contributed by atoms with E-state index in [1.54, 1.807) is 0 Å². The number of nitrogens with one attached hydrogen (secondary N) is 1. The Balaban J connectivity index is 2.14. The van der Waals surface area contributed by atoms with Crippen LogP contribution in [0.1, 0.15) is 43.1 Å². The van der Waals surface area contributed by atoms with Gasteiger partial charge in [0, 0.05) is 12.6 Å². The smallest absolute Gasteiger partial charge is 0.0945 e. The molecule has 1 aromatic rings. The normalized spacial score (nSPS) is 17.5. The van der Waals surface area contributed by atoms with Gasteiger partial charge in [-0.25, -0.2) is 0 Å². The van der Waals surface area contributed by atoms with Gasteiger partial charge in [0.25, 0.3) is 0 Å². The number of aliphatic hydroxyl groups excluding tert-OH is 2. The second kappa shape index (κ2) is 6.51. The Morgan fingerprint density at radius 2 is 1.95 bits per heavy atom. The second-order valence-electron chi connectivity index (χ2n) is 5.77. The van der Waals surface area contributed by atoms with Crippen LogP contribution in [-0.4, -0.2) is 29.4 Å². The molecule has 0 radical (unpaired) electrons. The standard InChI is InChI=1S/C16H25NO2/c1-11(2)15(17-8-9-18)16(19)14-7-6-12-4-3-5-13(12)10-14/h6-7,10-11,15-19H,3-5,8-9H2,1-2H3. The lowest BCUT2D eigenvalue weighted by molar-refractivity contribution is 0.101. The fourth-order valence-corrected chi connectivity index (χ4v) is 2.93. The van der Waals surface area contributed by atoms with Crippen LogP contribution in [0.25, 0.3) is 0 Å². The van der Waals surface area contributed by atoms with Crippen molar-refractivity contribution in [3.8, 4) is 0 Å². The van der Waals surface area contributed by atoms with Crippen LogP contribution in [0.2, 0.25) is 0 Å². The Labute approximate surface area is 115 Å². The Hall–Kier alpha value is -0.900. The maximum atomic E-state index is 10.6. The largest absolute Gasteiger partial charge is 0.395 e. The quantitative estimate of drug-likeness (QED) is 0.734. The summed E-state index contributed by atoms with van der Waals surface area (Å²) in [4.78, 5) is 0. The van der Waals surface area contributed by atoms with Gasteiger partial charge in [0.2, 0.25) is 0 Å². The van der Waals surface area contributed by atoms with Gasteiger partial charge in [0.15, 0.2) is 0 Å².